The van der Waals surface area contributed by atoms with E-state index in [2.05, 4.69) is 10.6 Å². The van der Waals surface area contributed by atoms with Crippen molar-refractivity contribution >= 4 is 17.4 Å². The number of anilines is 2. The molecular weight excluding hydrogens is 278 g/mol. The Hall–Kier alpha value is -3.00. The maximum Gasteiger partial charge on any atom is 0.323 e. The average molecular weight is 295 g/mol. The van der Waals surface area contributed by atoms with Crippen LogP contribution in [0.4, 0.5) is 16.2 Å². The summed E-state index contributed by atoms with van der Waals surface area (Å²) < 4.78 is 5.15. The summed E-state index contributed by atoms with van der Waals surface area (Å²) in [5.74, 6) is 0.585. The first-order chi connectivity index (χ1) is 10.6. The average Bonchev–Trinajstić information content (AvgIpc) is 2.50. The Bertz CT molecular complexity index is 703. The monoisotopic (exact) mass is 295 g/mol. The summed E-state index contributed by atoms with van der Waals surface area (Å²) in [5.41, 5.74) is 3.69. The second-order valence-corrected chi connectivity index (χ2v) is 4.85. The molecule has 0 aliphatic rings. The van der Waals surface area contributed by atoms with Crippen molar-refractivity contribution in [1.29, 1.82) is 5.26 Å². The summed E-state index contributed by atoms with van der Waals surface area (Å²) in [5, 5.41) is 14.0. The lowest BCUT2D eigenvalue weighted by Crippen LogP contribution is -2.19. The molecule has 2 aromatic rings. The SMILES string of the molecule is Cc1ccc(NC(=O)Nc2ccc(OCC#N)cc2)cc1C. The fourth-order valence-corrected chi connectivity index (χ4v) is 1.86. The van der Waals surface area contributed by atoms with Gasteiger partial charge in [-0.1, -0.05) is 6.07 Å². The van der Waals surface area contributed by atoms with E-state index in [4.69, 9.17) is 10.00 Å². The Balaban J connectivity index is 1.94. The maximum absolute atomic E-state index is 11.9. The summed E-state index contributed by atoms with van der Waals surface area (Å²) >= 11 is 0. The molecular formula is C17H17N3O2. The minimum Gasteiger partial charge on any atom is -0.479 e. The molecule has 0 fully saturated rings. The van der Waals surface area contributed by atoms with Gasteiger partial charge in [0.25, 0.3) is 0 Å². The number of benzene rings is 2. The van der Waals surface area contributed by atoms with Crippen LogP contribution < -0.4 is 15.4 Å². The van der Waals surface area contributed by atoms with Gasteiger partial charge in [0.15, 0.2) is 6.61 Å². The Labute approximate surface area is 129 Å². The zero-order valence-electron chi connectivity index (χ0n) is 12.5. The van der Waals surface area contributed by atoms with Gasteiger partial charge >= 0.3 is 6.03 Å². The predicted octanol–water partition coefficient (Wildman–Crippen LogP) is 3.85. The number of aryl methyl sites for hydroxylation is 2. The number of rotatable bonds is 4. The standard InChI is InChI=1S/C17H17N3O2/c1-12-3-4-15(11-13(12)2)20-17(21)19-14-5-7-16(8-6-14)22-10-9-18/h3-8,11H,10H2,1-2H3,(H2,19,20,21). The van der Waals surface area contributed by atoms with Gasteiger partial charge in [0.1, 0.15) is 11.8 Å². The molecule has 0 spiro atoms. The van der Waals surface area contributed by atoms with Crippen molar-refractivity contribution < 1.29 is 9.53 Å². The molecule has 5 nitrogen and oxygen atoms in total. The maximum atomic E-state index is 11.9. The van der Waals surface area contributed by atoms with Gasteiger partial charge in [0.05, 0.1) is 0 Å². The van der Waals surface area contributed by atoms with Gasteiger partial charge in [-0.3, -0.25) is 0 Å². The lowest BCUT2D eigenvalue weighted by Gasteiger charge is -2.10. The minimum atomic E-state index is -0.311. The largest absolute Gasteiger partial charge is 0.479 e. The summed E-state index contributed by atoms with van der Waals surface area (Å²) in [6.07, 6.45) is 0. The van der Waals surface area contributed by atoms with Gasteiger partial charge in [0, 0.05) is 11.4 Å². The van der Waals surface area contributed by atoms with Crippen molar-refractivity contribution in [2.75, 3.05) is 17.2 Å². The van der Waals surface area contributed by atoms with Gasteiger partial charge in [0.2, 0.25) is 0 Å². The molecule has 2 amide bonds. The first-order valence-corrected chi connectivity index (χ1v) is 6.83. The van der Waals surface area contributed by atoms with Gasteiger partial charge in [-0.2, -0.15) is 5.26 Å². The first kappa shape index (κ1) is 15.4. The highest BCUT2D eigenvalue weighted by molar-refractivity contribution is 5.99. The van der Waals surface area contributed by atoms with E-state index < -0.39 is 0 Å². The number of nitriles is 1. The van der Waals surface area contributed by atoms with Crippen molar-refractivity contribution in [1.82, 2.24) is 0 Å². The summed E-state index contributed by atoms with van der Waals surface area (Å²) in [4.78, 5) is 11.9. The fraction of sp³-hybridized carbons (Fsp3) is 0.176. The first-order valence-electron chi connectivity index (χ1n) is 6.83. The second-order valence-electron chi connectivity index (χ2n) is 4.85. The lowest BCUT2D eigenvalue weighted by molar-refractivity contribution is 0.262. The van der Waals surface area contributed by atoms with Crippen LogP contribution >= 0.6 is 0 Å². The van der Waals surface area contributed by atoms with Crippen LogP contribution in [0.2, 0.25) is 0 Å². The number of hydrogen-bond acceptors (Lipinski definition) is 3. The normalized spacial score (nSPS) is 9.68. The van der Waals surface area contributed by atoms with E-state index in [1.54, 1.807) is 24.3 Å². The Kier molecular flexibility index (Phi) is 4.99. The molecule has 2 N–H and O–H groups in total. The van der Waals surface area contributed by atoms with Crippen molar-refractivity contribution in [3.8, 4) is 11.8 Å². The van der Waals surface area contributed by atoms with Gasteiger partial charge in [-0.25, -0.2) is 4.79 Å². The third-order valence-electron chi connectivity index (χ3n) is 3.18. The quantitative estimate of drug-likeness (QED) is 0.899. The van der Waals surface area contributed by atoms with Crippen molar-refractivity contribution in [2.45, 2.75) is 13.8 Å². The highest BCUT2D eigenvalue weighted by Crippen LogP contribution is 2.17. The van der Waals surface area contributed by atoms with Crippen LogP contribution in [0.25, 0.3) is 0 Å². The van der Waals surface area contributed by atoms with E-state index >= 15 is 0 Å². The molecule has 0 atom stereocenters. The molecule has 2 rings (SSSR count). The molecule has 0 aromatic heterocycles. The third-order valence-corrected chi connectivity index (χ3v) is 3.18. The smallest absolute Gasteiger partial charge is 0.323 e. The van der Waals surface area contributed by atoms with Gasteiger partial charge in [-0.05, 0) is 61.4 Å². The zero-order chi connectivity index (χ0) is 15.9. The minimum absolute atomic E-state index is 0.0000361. The van der Waals surface area contributed by atoms with Crippen molar-refractivity contribution in [3.63, 3.8) is 0 Å². The fourth-order valence-electron chi connectivity index (χ4n) is 1.86. The number of ether oxygens (including phenoxy) is 1. The zero-order valence-corrected chi connectivity index (χ0v) is 12.5. The number of carbonyl (C=O) groups is 1. The Morgan fingerprint density at radius 2 is 1.68 bits per heavy atom. The van der Waals surface area contributed by atoms with E-state index in [9.17, 15) is 4.79 Å². The predicted molar refractivity (Wildman–Crippen MR) is 86.1 cm³/mol. The Morgan fingerprint density at radius 3 is 2.32 bits per heavy atom. The van der Waals surface area contributed by atoms with Crippen LogP contribution in [-0.2, 0) is 0 Å². The number of amides is 2. The van der Waals surface area contributed by atoms with Crippen LogP contribution in [0.1, 0.15) is 11.1 Å². The molecule has 0 saturated carbocycles. The number of nitrogens with one attached hydrogen (secondary N) is 2. The van der Waals surface area contributed by atoms with E-state index in [0.29, 0.717) is 11.4 Å². The highest BCUT2D eigenvalue weighted by Gasteiger charge is 2.04. The third kappa shape index (κ3) is 4.25. The Morgan fingerprint density at radius 1 is 1.05 bits per heavy atom. The van der Waals surface area contributed by atoms with E-state index in [0.717, 1.165) is 11.3 Å². The van der Waals surface area contributed by atoms with Gasteiger partial charge in [-0.15, -0.1) is 0 Å². The molecule has 0 aliphatic heterocycles. The second kappa shape index (κ2) is 7.14. The number of hydrogen-bond donors (Lipinski definition) is 2. The van der Waals surface area contributed by atoms with E-state index in [1.807, 2.05) is 38.1 Å². The number of urea groups is 1. The molecule has 0 bridgehead atoms. The van der Waals surface area contributed by atoms with Crippen molar-refractivity contribution in [2.24, 2.45) is 0 Å². The van der Waals surface area contributed by atoms with E-state index in [1.165, 1.54) is 5.56 Å². The molecule has 0 unspecified atom stereocenters. The van der Waals surface area contributed by atoms with Crippen molar-refractivity contribution in [3.05, 3.63) is 53.6 Å². The molecule has 22 heavy (non-hydrogen) atoms. The lowest BCUT2D eigenvalue weighted by atomic mass is 10.1. The molecule has 0 heterocycles. The summed E-state index contributed by atoms with van der Waals surface area (Å²) in [6.45, 7) is 4.02. The summed E-state index contributed by atoms with van der Waals surface area (Å²) in [6, 6.07) is 14.2. The molecule has 0 radical (unpaired) electrons. The topological polar surface area (TPSA) is 74.2 Å². The van der Waals surface area contributed by atoms with Crippen LogP contribution in [0.5, 0.6) is 5.75 Å². The number of carbonyl (C=O) groups excluding carboxylic acids is 1. The van der Waals surface area contributed by atoms with E-state index in [-0.39, 0.29) is 12.6 Å². The molecule has 0 saturated heterocycles. The number of nitrogens with zero attached hydrogens (tertiary/aromatic N) is 1. The molecule has 5 heteroatoms. The van der Waals surface area contributed by atoms with Crippen LogP contribution in [0.3, 0.4) is 0 Å². The molecule has 0 aliphatic carbocycles. The van der Waals surface area contributed by atoms with Gasteiger partial charge < -0.3 is 15.4 Å². The molecule has 2 aromatic carbocycles. The molecule has 112 valence electrons. The highest BCUT2D eigenvalue weighted by atomic mass is 16.5. The summed E-state index contributed by atoms with van der Waals surface area (Å²) in [7, 11) is 0. The van der Waals surface area contributed by atoms with Crippen LogP contribution in [-0.4, -0.2) is 12.6 Å². The van der Waals surface area contributed by atoms with Crippen LogP contribution in [0.15, 0.2) is 42.5 Å². The van der Waals surface area contributed by atoms with Crippen LogP contribution in [0, 0.1) is 25.2 Å².